The highest BCUT2D eigenvalue weighted by Crippen LogP contribution is 2.17. The lowest BCUT2D eigenvalue weighted by molar-refractivity contribution is 0.0687. The van der Waals surface area contributed by atoms with Crippen molar-refractivity contribution in [1.29, 1.82) is 0 Å². The zero-order chi connectivity index (χ0) is 12.8. The van der Waals surface area contributed by atoms with Crippen molar-refractivity contribution >= 4 is 0 Å². The molecule has 0 aromatic carbocycles. The minimum Gasteiger partial charge on any atom is -0.464 e. The Kier molecular flexibility index (Phi) is 5.23. The van der Waals surface area contributed by atoms with Crippen LogP contribution in [0.25, 0.3) is 0 Å². The quantitative estimate of drug-likeness (QED) is 0.809. The first kappa shape index (κ1) is 13.6. The van der Waals surface area contributed by atoms with Gasteiger partial charge in [-0.15, -0.1) is 0 Å². The van der Waals surface area contributed by atoms with E-state index in [1.807, 2.05) is 6.92 Å². The highest BCUT2D eigenvalue weighted by Gasteiger charge is 2.16. The molecule has 1 atom stereocenters. The van der Waals surface area contributed by atoms with Crippen LogP contribution in [0.4, 0.5) is 0 Å². The van der Waals surface area contributed by atoms with E-state index >= 15 is 0 Å². The van der Waals surface area contributed by atoms with Crippen LogP contribution in [-0.2, 0) is 22.6 Å². The van der Waals surface area contributed by atoms with E-state index < -0.39 is 0 Å². The maximum Gasteiger partial charge on any atom is 0.130 e. The van der Waals surface area contributed by atoms with Crippen molar-refractivity contribution in [1.82, 2.24) is 5.32 Å². The predicted molar refractivity (Wildman–Crippen MR) is 69.4 cm³/mol. The largest absolute Gasteiger partial charge is 0.464 e. The number of hydrogen-bond acceptors (Lipinski definition) is 4. The summed E-state index contributed by atoms with van der Waals surface area (Å²) in [7, 11) is 0. The Balaban J connectivity index is 1.74. The fourth-order valence-corrected chi connectivity index (χ4v) is 2.13. The van der Waals surface area contributed by atoms with Gasteiger partial charge in [-0.1, -0.05) is 6.92 Å². The van der Waals surface area contributed by atoms with Crippen LogP contribution in [0.2, 0.25) is 0 Å². The van der Waals surface area contributed by atoms with Crippen LogP contribution in [0.3, 0.4) is 0 Å². The summed E-state index contributed by atoms with van der Waals surface area (Å²) in [5.74, 6) is 2.46. The van der Waals surface area contributed by atoms with E-state index in [1.165, 1.54) is 5.56 Å². The zero-order valence-electron chi connectivity index (χ0n) is 11.3. The average molecular weight is 253 g/mol. The van der Waals surface area contributed by atoms with Gasteiger partial charge in [-0.3, -0.25) is 0 Å². The minimum atomic E-state index is 0.558. The van der Waals surface area contributed by atoms with E-state index in [0.29, 0.717) is 12.5 Å². The highest BCUT2D eigenvalue weighted by molar-refractivity contribution is 5.20. The Labute approximate surface area is 109 Å². The molecular weight excluding hydrogens is 230 g/mol. The van der Waals surface area contributed by atoms with E-state index in [9.17, 15) is 0 Å². The van der Waals surface area contributed by atoms with Crippen LogP contribution in [0.15, 0.2) is 10.5 Å². The molecule has 1 unspecified atom stereocenters. The summed E-state index contributed by atoms with van der Waals surface area (Å²) in [6.45, 7) is 8.97. The van der Waals surface area contributed by atoms with Gasteiger partial charge in [0.2, 0.25) is 0 Å². The van der Waals surface area contributed by atoms with Crippen LogP contribution >= 0.6 is 0 Å². The van der Waals surface area contributed by atoms with E-state index in [4.69, 9.17) is 13.9 Å². The standard InChI is InChI=1S/C14H23NO3/c1-3-15-7-13-6-14(18-11(13)2)10-17-9-12-4-5-16-8-12/h6,12,15H,3-5,7-10H2,1-2H3. The third kappa shape index (κ3) is 3.83. The molecule has 1 saturated heterocycles. The van der Waals surface area contributed by atoms with Crippen LogP contribution < -0.4 is 5.32 Å². The van der Waals surface area contributed by atoms with Gasteiger partial charge in [-0.05, 0) is 26.0 Å². The van der Waals surface area contributed by atoms with Gasteiger partial charge < -0.3 is 19.2 Å². The number of furan rings is 1. The van der Waals surface area contributed by atoms with Crippen LogP contribution in [0.5, 0.6) is 0 Å². The molecule has 102 valence electrons. The maximum absolute atomic E-state index is 5.68. The first-order valence-electron chi connectivity index (χ1n) is 6.74. The molecule has 2 heterocycles. The van der Waals surface area contributed by atoms with Gasteiger partial charge >= 0.3 is 0 Å². The van der Waals surface area contributed by atoms with Gasteiger partial charge in [0.15, 0.2) is 0 Å². The molecule has 2 rings (SSSR count). The number of hydrogen-bond donors (Lipinski definition) is 1. The summed E-state index contributed by atoms with van der Waals surface area (Å²) in [5, 5.41) is 3.30. The summed E-state index contributed by atoms with van der Waals surface area (Å²) >= 11 is 0. The molecule has 1 fully saturated rings. The minimum absolute atomic E-state index is 0.558. The van der Waals surface area contributed by atoms with Gasteiger partial charge in [-0.2, -0.15) is 0 Å². The van der Waals surface area contributed by atoms with Crippen molar-refractivity contribution in [3.8, 4) is 0 Å². The fourth-order valence-electron chi connectivity index (χ4n) is 2.13. The first-order chi connectivity index (χ1) is 8.79. The van der Waals surface area contributed by atoms with Gasteiger partial charge in [-0.25, -0.2) is 0 Å². The van der Waals surface area contributed by atoms with Gasteiger partial charge in [0.1, 0.15) is 18.1 Å². The lowest BCUT2D eigenvalue weighted by Crippen LogP contribution is -2.11. The summed E-state index contributed by atoms with van der Waals surface area (Å²) < 4.78 is 16.7. The molecule has 1 aliphatic heterocycles. The topological polar surface area (TPSA) is 43.6 Å². The molecule has 1 aromatic heterocycles. The Morgan fingerprint density at radius 1 is 1.50 bits per heavy atom. The molecule has 0 bridgehead atoms. The van der Waals surface area contributed by atoms with Crippen molar-refractivity contribution in [2.45, 2.75) is 33.4 Å². The van der Waals surface area contributed by atoms with Crippen molar-refractivity contribution < 1.29 is 13.9 Å². The van der Waals surface area contributed by atoms with Crippen molar-refractivity contribution in [2.75, 3.05) is 26.4 Å². The second kappa shape index (κ2) is 6.92. The summed E-state index contributed by atoms with van der Waals surface area (Å²) in [6, 6.07) is 2.09. The monoisotopic (exact) mass is 253 g/mol. The molecule has 1 aromatic rings. The van der Waals surface area contributed by atoms with Crippen molar-refractivity contribution in [3.05, 3.63) is 23.2 Å². The molecule has 0 spiro atoms. The third-order valence-corrected chi connectivity index (χ3v) is 3.26. The van der Waals surface area contributed by atoms with Crippen molar-refractivity contribution in [2.24, 2.45) is 5.92 Å². The first-order valence-corrected chi connectivity index (χ1v) is 6.74. The molecule has 1 N–H and O–H groups in total. The highest BCUT2D eigenvalue weighted by atomic mass is 16.5. The molecule has 0 amide bonds. The lowest BCUT2D eigenvalue weighted by atomic mass is 10.1. The van der Waals surface area contributed by atoms with Crippen molar-refractivity contribution in [3.63, 3.8) is 0 Å². The molecule has 0 radical (unpaired) electrons. The van der Waals surface area contributed by atoms with Gasteiger partial charge in [0.05, 0.1) is 13.2 Å². The summed E-state index contributed by atoms with van der Waals surface area (Å²) in [5.41, 5.74) is 1.22. The number of nitrogens with one attached hydrogen (secondary N) is 1. The Hall–Kier alpha value is -0.840. The van der Waals surface area contributed by atoms with Crippen LogP contribution in [0.1, 0.15) is 30.4 Å². The Morgan fingerprint density at radius 3 is 3.11 bits per heavy atom. The van der Waals surface area contributed by atoms with Crippen LogP contribution in [-0.4, -0.2) is 26.4 Å². The van der Waals surface area contributed by atoms with E-state index in [2.05, 4.69) is 18.3 Å². The Morgan fingerprint density at radius 2 is 2.39 bits per heavy atom. The fraction of sp³-hybridized carbons (Fsp3) is 0.714. The second-order valence-electron chi connectivity index (χ2n) is 4.82. The second-order valence-corrected chi connectivity index (χ2v) is 4.82. The van der Waals surface area contributed by atoms with E-state index in [0.717, 1.165) is 50.9 Å². The van der Waals surface area contributed by atoms with E-state index in [-0.39, 0.29) is 0 Å². The molecule has 4 heteroatoms. The zero-order valence-corrected chi connectivity index (χ0v) is 11.3. The maximum atomic E-state index is 5.68. The van der Waals surface area contributed by atoms with Gasteiger partial charge in [0, 0.05) is 24.6 Å². The lowest BCUT2D eigenvalue weighted by Gasteiger charge is -2.06. The van der Waals surface area contributed by atoms with Crippen LogP contribution in [0, 0.1) is 12.8 Å². The van der Waals surface area contributed by atoms with Gasteiger partial charge in [0.25, 0.3) is 0 Å². The molecule has 4 nitrogen and oxygen atoms in total. The number of aryl methyl sites for hydroxylation is 1. The SMILES string of the molecule is CCNCc1cc(COCC2CCOC2)oc1C. The summed E-state index contributed by atoms with van der Waals surface area (Å²) in [4.78, 5) is 0. The number of ether oxygens (including phenoxy) is 2. The predicted octanol–water partition coefficient (Wildman–Crippen LogP) is 2.25. The van der Waals surface area contributed by atoms with E-state index in [1.54, 1.807) is 0 Å². The Bertz CT molecular complexity index is 356. The molecule has 0 aliphatic carbocycles. The summed E-state index contributed by atoms with van der Waals surface area (Å²) in [6.07, 6.45) is 1.11. The molecular formula is C14H23NO3. The number of rotatable bonds is 7. The normalized spacial score (nSPS) is 19.6. The average Bonchev–Trinajstić information content (AvgIpc) is 2.97. The smallest absolute Gasteiger partial charge is 0.130 e. The molecule has 0 saturated carbocycles. The molecule has 18 heavy (non-hydrogen) atoms. The third-order valence-electron chi connectivity index (χ3n) is 3.26. The molecule has 1 aliphatic rings.